The zero-order valence-electron chi connectivity index (χ0n) is 11.6. The van der Waals surface area contributed by atoms with Crippen LogP contribution in [0.2, 0.25) is 0 Å². The molecule has 0 heterocycles. The van der Waals surface area contributed by atoms with Crippen molar-refractivity contribution in [2.45, 2.75) is 32.4 Å². The van der Waals surface area contributed by atoms with Gasteiger partial charge in [-0.1, -0.05) is 18.2 Å². The van der Waals surface area contributed by atoms with Gasteiger partial charge in [-0.05, 0) is 60.2 Å². The molecule has 0 amide bonds. The molecule has 0 aromatic heterocycles. The minimum absolute atomic E-state index is 0.645. The van der Waals surface area contributed by atoms with Crippen molar-refractivity contribution in [2.24, 2.45) is 5.92 Å². The Hall–Kier alpha value is -1.54. The summed E-state index contributed by atoms with van der Waals surface area (Å²) in [5.74, 6) is 1.82. The Morgan fingerprint density at radius 3 is 2.63 bits per heavy atom. The van der Waals surface area contributed by atoms with E-state index in [1.807, 2.05) is 6.07 Å². The first kappa shape index (κ1) is 12.5. The number of rotatable bonds is 5. The van der Waals surface area contributed by atoms with Gasteiger partial charge in [-0.15, -0.1) is 0 Å². The zero-order valence-corrected chi connectivity index (χ0v) is 11.6. The molecule has 1 aliphatic rings. The fraction of sp³-hybridized carbons (Fsp3) is 0.412. The molecule has 2 aromatic carbocycles. The van der Waals surface area contributed by atoms with Crippen LogP contribution >= 0.6 is 0 Å². The first-order valence-corrected chi connectivity index (χ1v) is 7.06. The van der Waals surface area contributed by atoms with Crippen LogP contribution in [-0.2, 0) is 6.54 Å². The Morgan fingerprint density at radius 2 is 1.89 bits per heavy atom. The first-order chi connectivity index (χ1) is 9.26. The van der Waals surface area contributed by atoms with E-state index in [2.05, 4.69) is 42.6 Å². The van der Waals surface area contributed by atoms with E-state index in [1.165, 1.54) is 29.2 Å². The molecule has 2 nitrogen and oxygen atoms in total. The maximum absolute atomic E-state index is 5.25. The minimum Gasteiger partial charge on any atom is -0.497 e. The zero-order chi connectivity index (χ0) is 13.2. The largest absolute Gasteiger partial charge is 0.497 e. The third-order valence-corrected chi connectivity index (χ3v) is 4.07. The summed E-state index contributed by atoms with van der Waals surface area (Å²) in [6.45, 7) is 3.25. The van der Waals surface area contributed by atoms with Gasteiger partial charge in [-0.3, -0.25) is 0 Å². The molecule has 19 heavy (non-hydrogen) atoms. The van der Waals surface area contributed by atoms with E-state index < -0.39 is 0 Å². The van der Waals surface area contributed by atoms with Crippen LogP contribution in [0.15, 0.2) is 36.4 Å². The monoisotopic (exact) mass is 255 g/mol. The molecule has 2 aromatic rings. The van der Waals surface area contributed by atoms with Gasteiger partial charge in [0, 0.05) is 12.6 Å². The van der Waals surface area contributed by atoms with Gasteiger partial charge < -0.3 is 10.1 Å². The van der Waals surface area contributed by atoms with Gasteiger partial charge >= 0.3 is 0 Å². The molecule has 1 unspecified atom stereocenters. The highest BCUT2D eigenvalue weighted by Crippen LogP contribution is 2.32. The smallest absolute Gasteiger partial charge is 0.119 e. The van der Waals surface area contributed by atoms with E-state index in [9.17, 15) is 0 Å². The maximum atomic E-state index is 5.25. The van der Waals surface area contributed by atoms with Gasteiger partial charge in [0.05, 0.1) is 7.11 Å². The number of benzene rings is 2. The highest BCUT2D eigenvalue weighted by Gasteiger charge is 2.27. The molecule has 1 saturated carbocycles. The highest BCUT2D eigenvalue weighted by atomic mass is 16.5. The molecule has 3 rings (SSSR count). The Bertz CT molecular complexity index is 574. The molecule has 2 heteroatoms. The third kappa shape index (κ3) is 2.90. The molecule has 0 aliphatic heterocycles. The Balaban J connectivity index is 1.73. The van der Waals surface area contributed by atoms with E-state index in [0.717, 1.165) is 18.2 Å². The molecular weight excluding hydrogens is 234 g/mol. The average molecular weight is 255 g/mol. The highest BCUT2D eigenvalue weighted by molar-refractivity contribution is 5.84. The second-order valence-electron chi connectivity index (χ2n) is 5.55. The van der Waals surface area contributed by atoms with Crippen molar-refractivity contribution in [2.75, 3.05) is 7.11 Å². The molecule has 100 valence electrons. The fourth-order valence-electron chi connectivity index (χ4n) is 2.55. The van der Waals surface area contributed by atoms with Crippen LogP contribution in [0.5, 0.6) is 5.75 Å². The number of fused-ring (bicyclic) bond motifs is 1. The summed E-state index contributed by atoms with van der Waals surface area (Å²) in [6.07, 6.45) is 2.79. The van der Waals surface area contributed by atoms with E-state index in [4.69, 9.17) is 4.74 Å². The molecular formula is C17H21NO. The molecule has 0 saturated heterocycles. The van der Waals surface area contributed by atoms with E-state index in [0.29, 0.717) is 6.04 Å². The van der Waals surface area contributed by atoms with Crippen LogP contribution < -0.4 is 10.1 Å². The topological polar surface area (TPSA) is 21.3 Å². The maximum Gasteiger partial charge on any atom is 0.119 e. The number of ether oxygens (including phenoxy) is 1. The lowest BCUT2D eigenvalue weighted by atomic mass is 10.1. The van der Waals surface area contributed by atoms with Gasteiger partial charge in [0.1, 0.15) is 5.75 Å². The van der Waals surface area contributed by atoms with Gasteiger partial charge in [0.15, 0.2) is 0 Å². The van der Waals surface area contributed by atoms with Crippen molar-refractivity contribution in [3.63, 3.8) is 0 Å². The van der Waals surface area contributed by atoms with Gasteiger partial charge in [-0.25, -0.2) is 0 Å². The van der Waals surface area contributed by atoms with E-state index in [1.54, 1.807) is 7.11 Å². The number of hydrogen-bond donors (Lipinski definition) is 1. The standard InChI is InChI=1S/C17H21NO/c1-12(14-5-6-14)18-11-13-3-4-16-10-17(19-2)8-7-15(16)9-13/h3-4,7-10,12,14,18H,5-6,11H2,1-2H3. The van der Waals surface area contributed by atoms with Crippen LogP contribution in [0, 0.1) is 5.92 Å². The lowest BCUT2D eigenvalue weighted by Gasteiger charge is -2.13. The van der Waals surface area contributed by atoms with E-state index >= 15 is 0 Å². The third-order valence-electron chi connectivity index (χ3n) is 4.07. The minimum atomic E-state index is 0.645. The summed E-state index contributed by atoms with van der Waals surface area (Å²) >= 11 is 0. The lowest BCUT2D eigenvalue weighted by Crippen LogP contribution is -2.27. The molecule has 1 atom stereocenters. The summed E-state index contributed by atoms with van der Waals surface area (Å²) < 4.78 is 5.25. The van der Waals surface area contributed by atoms with Crippen LogP contribution in [0.1, 0.15) is 25.3 Å². The van der Waals surface area contributed by atoms with Crippen molar-refractivity contribution in [3.8, 4) is 5.75 Å². The lowest BCUT2D eigenvalue weighted by molar-refractivity contribution is 0.415. The molecule has 0 spiro atoms. The second-order valence-corrected chi connectivity index (χ2v) is 5.55. The Kier molecular flexibility index (Phi) is 3.43. The van der Waals surface area contributed by atoms with Crippen LogP contribution in [0.4, 0.5) is 0 Å². The SMILES string of the molecule is COc1ccc2cc(CNC(C)C3CC3)ccc2c1. The average Bonchev–Trinajstić information content (AvgIpc) is 3.28. The Morgan fingerprint density at radius 1 is 1.16 bits per heavy atom. The van der Waals surface area contributed by atoms with Crippen molar-refractivity contribution < 1.29 is 4.74 Å². The summed E-state index contributed by atoms with van der Waals surface area (Å²) in [4.78, 5) is 0. The van der Waals surface area contributed by atoms with Gasteiger partial charge in [0.25, 0.3) is 0 Å². The molecule has 1 aliphatic carbocycles. The quantitative estimate of drug-likeness (QED) is 0.879. The molecule has 0 bridgehead atoms. The number of nitrogens with one attached hydrogen (secondary N) is 1. The normalized spacial score (nSPS) is 16.5. The summed E-state index contributed by atoms with van der Waals surface area (Å²) in [5.41, 5.74) is 1.35. The first-order valence-electron chi connectivity index (χ1n) is 7.06. The number of hydrogen-bond acceptors (Lipinski definition) is 2. The predicted octanol–water partition coefficient (Wildman–Crippen LogP) is 3.74. The second kappa shape index (κ2) is 5.22. The number of methoxy groups -OCH3 is 1. The van der Waals surface area contributed by atoms with Crippen LogP contribution in [0.25, 0.3) is 10.8 Å². The van der Waals surface area contributed by atoms with Crippen molar-refractivity contribution >= 4 is 10.8 Å². The molecule has 1 N–H and O–H groups in total. The van der Waals surface area contributed by atoms with Gasteiger partial charge in [-0.2, -0.15) is 0 Å². The molecule has 1 fully saturated rings. The van der Waals surface area contributed by atoms with Crippen molar-refractivity contribution in [1.82, 2.24) is 5.32 Å². The van der Waals surface area contributed by atoms with E-state index in [-0.39, 0.29) is 0 Å². The fourth-order valence-corrected chi connectivity index (χ4v) is 2.55. The van der Waals surface area contributed by atoms with Crippen LogP contribution in [-0.4, -0.2) is 13.2 Å². The Labute approximate surface area is 114 Å². The van der Waals surface area contributed by atoms with Crippen LogP contribution in [0.3, 0.4) is 0 Å². The predicted molar refractivity (Wildman–Crippen MR) is 79.5 cm³/mol. The van der Waals surface area contributed by atoms with Crippen molar-refractivity contribution in [3.05, 3.63) is 42.0 Å². The van der Waals surface area contributed by atoms with Gasteiger partial charge in [0.2, 0.25) is 0 Å². The summed E-state index contributed by atoms with van der Waals surface area (Å²) in [6, 6.07) is 13.5. The summed E-state index contributed by atoms with van der Waals surface area (Å²) in [5, 5.41) is 6.13. The van der Waals surface area contributed by atoms with Crippen molar-refractivity contribution in [1.29, 1.82) is 0 Å². The summed E-state index contributed by atoms with van der Waals surface area (Å²) in [7, 11) is 1.71. The molecule has 0 radical (unpaired) electrons.